The number of sulfonamides is 1. The van der Waals surface area contributed by atoms with Crippen LogP contribution in [0.2, 0.25) is 0 Å². The molecular weight excluding hydrogens is 292 g/mol. The van der Waals surface area contributed by atoms with Crippen LogP contribution in [0, 0.1) is 0 Å². The van der Waals surface area contributed by atoms with Crippen molar-refractivity contribution in [1.82, 2.24) is 19.4 Å². The third-order valence-corrected chi connectivity index (χ3v) is 5.49. The summed E-state index contributed by atoms with van der Waals surface area (Å²) in [6.07, 6.45) is 4.71. The molecular formula is C13H24N4O3S. The molecule has 2 rings (SSSR count). The number of hydrogen-bond donors (Lipinski definition) is 1. The zero-order valence-electron chi connectivity index (χ0n) is 12.7. The van der Waals surface area contributed by atoms with Crippen LogP contribution in [0.5, 0.6) is 0 Å². The van der Waals surface area contributed by atoms with Gasteiger partial charge in [-0.3, -0.25) is 4.68 Å². The molecule has 0 radical (unpaired) electrons. The highest BCUT2D eigenvalue weighted by Crippen LogP contribution is 2.21. The van der Waals surface area contributed by atoms with Gasteiger partial charge in [-0.05, 0) is 26.8 Å². The van der Waals surface area contributed by atoms with Crippen molar-refractivity contribution in [1.29, 1.82) is 0 Å². The molecule has 1 fully saturated rings. The van der Waals surface area contributed by atoms with Gasteiger partial charge < -0.3 is 10.1 Å². The van der Waals surface area contributed by atoms with Gasteiger partial charge in [0.2, 0.25) is 10.0 Å². The second-order valence-corrected chi connectivity index (χ2v) is 7.04. The minimum absolute atomic E-state index is 0.180. The molecule has 0 spiro atoms. The summed E-state index contributed by atoms with van der Waals surface area (Å²) in [7, 11) is -1.58. The van der Waals surface area contributed by atoms with Crippen LogP contribution in [0.1, 0.15) is 19.8 Å². The highest BCUT2D eigenvalue weighted by Gasteiger charge is 2.30. The summed E-state index contributed by atoms with van der Waals surface area (Å²) >= 11 is 0. The molecule has 1 aromatic heterocycles. The summed E-state index contributed by atoms with van der Waals surface area (Å²) in [4.78, 5) is 0.272. The van der Waals surface area contributed by atoms with Gasteiger partial charge in [-0.25, -0.2) is 8.42 Å². The van der Waals surface area contributed by atoms with E-state index in [9.17, 15) is 8.42 Å². The van der Waals surface area contributed by atoms with E-state index >= 15 is 0 Å². The Labute approximate surface area is 126 Å². The van der Waals surface area contributed by atoms with Crippen molar-refractivity contribution < 1.29 is 13.2 Å². The molecule has 0 atom stereocenters. The van der Waals surface area contributed by atoms with Gasteiger partial charge in [-0.1, -0.05) is 0 Å². The lowest BCUT2D eigenvalue weighted by Crippen LogP contribution is -2.40. The summed E-state index contributed by atoms with van der Waals surface area (Å²) < 4.78 is 33.8. The van der Waals surface area contributed by atoms with Crippen molar-refractivity contribution in [3.63, 3.8) is 0 Å². The van der Waals surface area contributed by atoms with Crippen molar-refractivity contribution in [2.75, 3.05) is 33.3 Å². The van der Waals surface area contributed by atoms with E-state index in [1.54, 1.807) is 10.9 Å². The number of piperidine rings is 1. The number of aromatic nitrogens is 2. The lowest BCUT2D eigenvalue weighted by molar-refractivity contribution is 0.0290. The van der Waals surface area contributed by atoms with Crippen molar-refractivity contribution in [3.8, 4) is 0 Å². The molecule has 1 aromatic rings. The lowest BCUT2D eigenvalue weighted by atomic mass is 10.1. The fourth-order valence-electron chi connectivity index (χ4n) is 2.45. The molecule has 0 aliphatic carbocycles. The maximum absolute atomic E-state index is 12.6. The SMILES string of the molecule is CCOC1CCN(S(=O)(=O)c2cnn(CCNC)c2)CC1. The Morgan fingerprint density at radius 3 is 2.76 bits per heavy atom. The number of rotatable bonds is 7. The van der Waals surface area contributed by atoms with Crippen LogP contribution < -0.4 is 5.32 Å². The minimum Gasteiger partial charge on any atom is -0.378 e. The van der Waals surface area contributed by atoms with Crippen LogP contribution in [0.4, 0.5) is 0 Å². The van der Waals surface area contributed by atoms with Crippen molar-refractivity contribution in [3.05, 3.63) is 12.4 Å². The Bertz CT molecular complexity index is 535. The summed E-state index contributed by atoms with van der Waals surface area (Å²) in [5.41, 5.74) is 0. The number of nitrogens with zero attached hydrogens (tertiary/aromatic N) is 3. The average molecular weight is 316 g/mol. The van der Waals surface area contributed by atoms with Crippen molar-refractivity contribution >= 4 is 10.0 Å². The second-order valence-electron chi connectivity index (χ2n) is 5.10. The van der Waals surface area contributed by atoms with Gasteiger partial charge in [-0.2, -0.15) is 9.40 Å². The smallest absolute Gasteiger partial charge is 0.246 e. The Morgan fingerprint density at radius 2 is 2.14 bits per heavy atom. The van der Waals surface area contributed by atoms with E-state index in [4.69, 9.17) is 4.74 Å². The van der Waals surface area contributed by atoms with Crippen molar-refractivity contribution in [2.45, 2.75) is 37.3 Å². The molecule has 0 amide bonds. The average Bonchev–Trinajstić information content (AvgIpc) is 2.96. The summed E-state index contributed by atoms with van der Waals surface area (Å²) in [5, 5.41) is 7.12. The summed E-state index contributed by atoms with van der Waals surface area (Å²) in [6.45, 7) is 5.06. The molecule has 1 N–H and O–H groups in total. The quantitative estimate of drug-likeness (QED) is 0.782. The first-order valence-corrected chi connectivity index (χ1v) is 8.80. The van der Waals surface area contributed by atoms with Crippen LogP contribution in [-0.4, -0.2) is 61.9 Å². The minimum atomic E-state index is -3.43. The Hall–Kier alpha value is -0.960. The standard InChI is InChI=1S/C13H24N4O3S/c1-3-20-12-4-7-17(8-5-12)21(18,19)13-10-15-16(11-13)9-6-14-2/h10-12,14H,3-9H2,1-2H3. The molecule has 120 valence electrons. The molecule has 0 bridgehead atoms. The predicted octanol–water partition coefficient (Wildman–Crippen LogP) is 0.292. The Morgan fingerprint density at radius 1 is 1.43 bits per heavy atom. The van der Waals surface area contributed by atoms with E-state index in [0.717, 1.165) is 19.4 Å². The zero-order valence-corrected chi connectivity index (χ0v) is 13.5. The summed E-state index contributed by atoms with van der Waals surface area (Å²) in [5.74, 6) is 0. The Balaban J connectivity index is 2.00. The van der Waals surface area contributed by atoms with Crippen molar-refractivity contribution in [2.24, 2.45) is 0 Å². The topological polar surface area (TPSA) is 76.5 Å². The highest BCUT2D eigenvalue weighted by atomic mass is 32.2. The van der Waals surface area contributed by atoms with Crippen LogP contribution >= 0.6 is 0 Å². The van der Waals surface area contributed by atoms with Gasteiger partial charge in [0.05, 0.1) is 18.8 Å². The van der Waals surface area contributed by atoms with Gasteiger partial charge in [0.25, 0.3) is 0 Å². The molecule has 0 saturated carbocycles. The first-order chi connectivity index (χ1) is 10.1. The second kappa shape index (κ2) is 7.35. The molecule has 1 aliphatic rings. The van der Waals surface area contributed by atoms with E-state index in [0.29, 0.717) is 26.2 Å². The van der Waals surface area contributed by atoms with Crippen LogP contribution in [0.25, 0.3) is 0 Å². The first-order valence-electron chi connectivity index (χ1n) is 7.36. The monoisotopic (exact) mass is 316 g/mol. The number of hydrogen-bond acceptors (Lipinski definition) is 5. The van der Waals surface area contributed by atoms with Crippen LogP contribution in [0.15, 0.2) is 17.3 Å². The maximum Gasteiger partial charge on any atom is 0.246 e. The molecule has 21 heavy (non-hydrogen) atoms. The lowest BCUT2D eigenvalue weighted by Gasteiger charge is -2.30. The summed E-state index contributed by atoms with van der Waals surface area (Å²) in [6, 6.07) is 0. The molecule has 0 aromatic carbocycles. The van der Waals surface area contributed by atoms with Gasteiger partial charge >= 0.3 is 0 Å². The molecule has 0 unspecified atom stereocenters. The van der Waals surface area contributed by atoms with E-state index in [1.807, 2.05) is 14.0 Å². The molecule has 8 heteroatoms. The van der Waals surface area contributed by atoms with E-state index in [2.05, 4.69) is 10.4 Å². The van der Waals surface area contributed by atoms with E-state index in [1.165, 1.54) is 10.5 Å². The van der Waals surface area contributed by atoms with Gasteiger partial charge in [0.15, 0.2) is 0 Å². The van der Waals surface area contributed by atoms with Gasteiger partial charge in [-0.15, -0.1) is 0 Å². The normalized spacial score (nSPS) is 18.2. The molecule has 1 aliphatic heterocycles. The first kappa shape index (κ1) is 16.4. The third kappa shape index (κ3) is 4.03. The predicted molar refractivity (Wildman–Crippen MR) is 79.6 cm³/mol. The maximum atomic E-state index is 12.6. The van der Waals surface area contributed by atoms with Crippen LogP contribution in [0.3, 0.4) is 0 Å². The Kier molecular flexibility index (Phi) is 5.74. The third-order valence-electron chi connectivity index (χ3n) is 3.64. The molecule has 1 saturated heterocycles. The van der Waals surface area contributed by atoms with E-state index in [-0.39, 0.29) is 11.0 Å². The zero-order chi connectivity index (χ0) is 15.3. The number of likely N-dealkylation sites (N-methyl/N-ethyl adjacent to an activating group) is 1. The van der Waals surface area contributed by atoms with Crippen LogP contribution in [-0.2, 0) is 21.3 Å². The fourth-order valence-corrected chi connectivity index (χ4v) is 3.88. The fraction of sp³-hybridized carbons (Fsp3) is 0.769. The number of nitrogens with one attached hydrogen (secondary N) is 1. The number of ether oxygens (including phenoxy) is 1. The van der Waals surface area contributed by atoms with Gasteiger partial charge in [0.1, 0.15) is 4.90 Å². The molecule has 2 heterocycles. The molecule has 7 nitrogen and oxygen atoms in total. The largest absolute Gasteiger partial charge is 0.378 e. The highest BCUT2D eigenvalue weighted by molar-refractivity contribution is 7.89. The van der Waals surface area contributed by atoms with Gasteiger partial charge in [0, 0.05) is 32.4 Å². The van der Waals surface area contributed by atoms with E-state index < -0.39 is 10.0 Å².